The molecule has 1 aliphatic carbocycles. The lowest BCUT2D eigenvalue weighted by atomic mass is 9.80. The molecule has 0 radical (unpaired) electrons. The maximum absolute atomic E-state index is 11.7. The van der Waals surface area contributed by atoms with Crippen molar-refractivity contribution in [2.75, 3.05) is 0 Å². The van der Waals surface area contributed by atoms with Gasteiger partial charge in [0.05, 0.1) is 0 Å². The molecular formula is C13H25NO. The van der Waals surface area contributed by atoms with Crippen LogP contribution < -0.4 is 5.73 Å². The van der Waals surface area contributed by atoms with Crippen molar-refractivity contribution < 1.29 is 4.79 Å². The summed E-state index contributed by atoms with van der Waals surface area (Å²) in [6.45, 7) is 6.51. The maximum Gasteiger partial charge on any atom is 0.134 e. The molecule has 0 aromatic carbocycles. The minimum absolute atomic E-state index is 0.0533. The van der Waals surface area contributed by atoms with Gasteiger partial charge in [0.25, 0.3) is 0 Å². The first kappa shape index (κ1) is 12.7. The topological polar surface area (TPSA) is 43.1 Å². The molecule has 0 amide bonds. The Balaban J connectivity index is 2.18. The van der Waals surface area contributed by atoms with Crippen molar-refractivity contribution in [3.05, 3.63) is 0 Å². The molecule has 0 bridgehead atoms. The first-order valence-corrected chi connectivity index (χ1v) is 6.14. The second kappa shape index (κ2) is 5.11. The number of Topliss-reactive ketones (excluding diaryl/α,β-unsaturated/α-hetero) is 1. The normalized spacial score (nSPS) is 19.7. The van der Waals surface area contributed by atoms with Crippen LogP contribution in [0.3, 0.4) is 0 Å². The Bertz CT molecular complexity index is 213. The van der Waals surface area contributed by atoms with Gasteiger partial charge in [-0.3, -0.25) is 4.79 Å². The largest absolute Gasteiger partial charge is 0.327 e. The number of nitrogens with two attached hydrogens (primary N) is 1. The van der Waals surface area contributed by atoms with E-state index >= 15 is 0 Å². The Morgan fingerprint density at radius 3 is 2.40 bits per heavy atom. The molecule has 1 aliphatic rings. The van der Waals surface area contributed by atoms with E-state index in [2.05, 4.69) is 20.8 Å². The van der Waals surface area contributed by atoms with E-state index in [1.54, 1.807) is 0 Å². The molecule has 2 nitrogen and oxygen atoms in total. The maximum atomic E-state index is 11.7. The molecule has 0 aliphatic heterocycles. The standard InChI is InChI=1S/C13H25NO/c1-13(2,3)9-11(14)8-12(15)7-10-5-4-6-10/h10-11H,4-9,14H2,1-3H3. The third-order valence-electron chi connectivity index (χ3n) is 3.11. The molecule has 0 saturated heterocycles. The van der Waals surface area contributed by atoms with E-state index in [1.807, 2.05) is 0 Å². The van der Waals surface area contributed by atoms with Gasteiger partial charge in [-0.2, -0.15) is 0 Å². The second-order valence-electron chi connectivity index (χ2n) is 6.27. The monoisotopic (exact) mass is 211 g/mol. The van der Waals surface area contributed by atoms with Crippen molar-refractivity contribution >= 4 is 5.78 Å². The van der Waals surface area contributed by atoms with Crippen LogP contribution in [-0.4, -0.2) is 11.8 Å². The summed E-state index contributed by atoms with van der Waals surface area (Å²) in [6, 6.07) is 0.0533. The molecule has 0 heterocycles. The average Bonchev–Trinajstić information content (AvgIpc) is 1.92. The van der Waals surface area contributed by atoms with Crippen molar-refractivity contribution in [1.29, 1.82) is 0 Å². The van der Waals surface area contributed by atoms with Gasteiger partial charge in [0.15, 0.2) is 0 Å². The molecular weight excluding hydrogens is 186 g/mol. The van der Waals surface area contributed by atoms with Gasteiger partial charge in [0, 0.05) is 18.9 Å². The lowest BCUT2D eigenvalue weighted by Gasteiger charge is -2.26. The van der Waals surface area contributed by atoms with Crippen LogP contribution in [0.15, 0.2) is 0 Å². The van der Waals surface area contributed by atoms with Crippen molar-refractivity contribution in [2.24, 2.45) is 17.1 Å². The molecule has 1 saturated carbocycles. The fraction of sp³-hybridized carbons (Fsp3) is 0.923. The first-order valence-electron chi connectivity index (χ1n) is 6.14. The minimum atomic E-state index is 0.0533. The quantitative estimate of drug-likeness (QED) is 0.760. The van der Waals surface area contributed by atoms with E-state index in [1.165, 1.54) is 19.3 Å². The van der Waals surface area contributed by atoms with Crippen LogP contribution in [0.4, 0.5) is 0 Å². The molecule has 2 N–H and O–H groups in total. The lowest BCUT2D eigenvalue weighted by Crippen LogP contribution is -2.30. The predicted octanol–water partition coefficient (Wildman–Crippen LogP) is 2.90. The highest BCUT2D eigenvalue weighted by molar-refractivity contribution is 5.79. The van der Waals surface area contributed by atoms with Crippen LogP contribution in [-0.2, 0) is 4.79 Å². The Kier molecular flexibility index (Phi) is 4.32. The van der Waals surface area contributed by atoms with Crippen molar-refractivity contribution in [2.45, 2.75) is 65.3 Å². The van der Waals surface area contributed by atoms with Crippen LogP contribution >= 0.6 is 0 Å². The summed E-state index contributed by atoms with van der Waals surface area (Å²) in [7, 11) is 0. The lowest BCUT2D eigenvalue weighted by molar-refractivity contribution is -0.121. The number of rotatable bonds is 5. The molecule has 1 atom stereocenters. The molecule has 1 unspecified atom stereocenters. The van der Waals surface area contributed by atoms with E-state index in [0.717, 1.165) is 12.8 Å². The zero-order chi connectivity index (χ0) is 11.5. The number of ketones is 1. The zero-order valence-electron chi connectivity index (χ0n) is 10.4. The summed E-state index contributed by atoms with van der Waals surface area (Å²) >= 11 is 0. The summed E-state index contributed by atoms with van der Waals surface area (Å²) < 4.78 is 0. The van der Waals surface area contributed by atoms with Gasteiger partial charge in [-0.1, -0.05) is 40.0 Å². The van der Waals surface area contributed by atoms with Crippen LogP contribution in [0.25, 0.3) is 0 Å². The highest BCUT2D eigenvalue weighted by Crippen LogP contribution is 2.30. The number of hydrogen-bond acceptors (Lipinski definition) is 2. The van der Waals surface area contributed by atoms with Crippen molar-refractivity contribution in [3.63, 3.8) is 0 Å². The Hall–Kier alpha value is -0.370. The van der Waals surface area contributed by atoms with E-state index in [-0.39, 0.29) is 11.5 Å². The van der Waals surface area contributed by atoms with Crippen LogP contribution in [0.1, 0.15) is 59.3 Å². The Morgan fingerprint density at radius 1 is 1.40 bits per heavy atom. The van der Waals surface area contributed by atoms with Gasteiger partial charge in [0.2, 0.25) is 0 Å². The smallest absolute Gasteiger partial charge is 0.134 e. The molecule has 88 valence electrons. The van der Waals surface area contributed by atoms with Gasteiger partial charge >= 0.3 is 0 Å². The van der Waals surface area contributed by atoms with Gasteiger partial charge < -0.3 is 5.73 Å². The molecule has 0 aromatic heterocycles. The van der Waals surface area contributed by atoms with Gasteiger partial charge in [-0.15, -0.1) is 0 Å². The van der Waals surface area contributed by atoms with Crippen LogP contribution in [0.2, 0.25) is 0 Å². The number of carbonyl (C=O) groups is 1. The van der Waals surface area contributed by atoms with E-state index in [0.29, 0.717) is 18.1 Å². The SMILES string of the molecule is CC(C)(C)CC(N)CC(=O)CC1CCC1. The fourth-order valence-corrected chi connectivity index (χ4v) is 2.25. The second-order valence-corrected chi connectivity index (χ2v) is 6.27. The van der Waals surface area contributed by atoms with Gasteiger partial charge in [-0.05, 0) is 17.8 Å². The average molecular weight is 211 g/mol. The number of carbonyl (C=O) groups excluding carboxylic acids is 1. The number of hydrogen-bond donors (Lipinski definition) is 1. The molecule has 1 fully saturated rings. The molecule has 2 heteroatoms. The summed E-state index contributed by atoms with van der Waals surface area (Å²) in [4.78, 5) is 11.7. The molecule has 0 spiro atoms. The minimum Gasteiger partial charge on any atom is -0.327 e. The van der Waals surface area contributed by atoms with Crippen molar-refractivity contribution in [1.82, 2.24) is 0 Å². The Morgan fingerprint density at radius 2 is 2.00 bits per heavy atom. The molecule has 15 heavy (non-hydrogen) atoms. The fourth-order valence-electron chi connectivity index (χ4n) is 2.25. The van der Waals surface area contributed by atoms with Gasteiger partial charge in [-0.25, -0.2) is 0 Å². The Labute approximate surface area is 93.6 Å². The van der Waals surface area contributed by atoms with E-state index < -0.39 is 0 Å². The summed E-state index contributed by atoms with van der Waals surface area (Å²) in [5.74, 6) is 1.05. The van der Waals surface area contributed by atoms with Crippen molar-refractivity contribution in [3.8, 4) is 0 Å². The third kappa shape index (κ3) is 5.31. The van der Waals surface area contributed by atoms with Crippen LogP contribution in [0, 0.1) is 11.3 Å². The predicted molar refractivity (Wildman–Crippen MR) is 63.6 cm³/mol. The van der Waals surface area contributed by atoms with E-state index in [4.69, 9.17) is 5.73 Å². The van der Waals surface area contributed by atoms with E-state index in [9.17, 15) is 4.79 Å². The molecule has 1 rings (SSSR count). The van der Waals surface area contributed by atoms with Crippen LogP contribution in [0.5, 0.6) is 0 Å². The highest BCUT2D eigenvalue weighted by Gasteiger charge is 2.23. The highest BCUT2D eigenvalue weighted by atomic mass is 16.1. The first-order chi connectivity index (χ1) is 6.87. The molecule has 0 aromatic rings. The summed E-state index contributed by atoms with van der Waals surface area (Å²) in [5, 5.41) is 0. The zero-order valence-corrected chi connectivity index (χ0v) is 10.4. The van der Waals surface area contributed by atoms with Gasteiger partial charge in [0.1, 0.15) is 5.78 Å². The summed E-state index contributed by atoms with van der Waals surface area (Å²) in [6.07, 6.45) is 6.10. The third-order valence-corrected chi connectivity index (χ3v) is 3.11. The summed E-state index contributed by atoms with van der Waals surface area (Å²) in [5.41, 5.74) is 6.21.